The van der Waals surface area contributed by atoms with Crippen molar-refractivity contribution in [2.75, 3.05) is 7.11 Å². The highest BCUT2D eigenvalue weighted by atomic mass is 16.5. The number of rotatable bonds is 1. The highest BCUT2D eigenvalue weighted by molar-refractivity contribution is 5.38. The Balaban J connectivity index is 0.000000791. The lowest BCUT2D eigenvalue weighted by molar-refractivity contribution is 0.397. The molecule has 0 saturated heterocycles. The molecule has 1 aromatic rings. The Hall–Kier alpha value is -0.980. The maximum Gasteiger partial charge on any atom is 0.122 e. The Bertz CT molecular complexity index is 258. The van der Waals surface area contributed by atoms with Crippen LogP contribution in [0.25, 0.3) is 0 Å². The van der Waals surface area contributed by atoms with Gasteiger partial charge in [-0.15, -0.1) is 0 Å². The van der Waals surface area contributed by atoms with Gasteiger partial charge in [0.15, 0.2) is 0 Å². The maximum absolute atomic E-state index is 5.27. The van der Waals surface area contributed by atoms with Crippen LogP contribution in [0, 0.1) is 0 Å². The van der Waals surface area contributed by atoms with Crippen molar-refractivity contribution in [2.24, 2.45) is 0 Å². The number of methoxy groups -OCH3 is 1. The van der Waals surface area contributed by atoms with Gasteiger partial charge in [-0.05, 0) is 17.0 Å². The topological polar surface area (TPSA) is 9.23 Å². The van der Waals surface area contributed by atoms with Crippen LogP contribution in [0.2, 0.25) is 0 Å². The SMILES string of the molecule is CC.COc1ccccc1C(C)(C)C. The molecule has 0 aliphatic heterocycles. The van der Waals surface area contributed by atoms with Crippen LogP contribution in [0.1, 0.15) is 40.2 Å². The molecule has 1 rings (SSSR count). The minimum Gasteiger partial charge on any atom is -0.496 e. The van der Waals surface area contributed by atoms with Crippen LogP contribution >= 0.6 is 0 Å². The van der Waals surface area contributed by atoms with Crippen LogP contribution in [0.4, 0.5) is 0 Å². The van der Waals surface area contributed by atoms with Crippen molar-refractivity contribution in [3.63, 3.8) is 0 Å². The number of ether oxygens (including phenoxy) is 1. The van der Waals surface area contributed by atoms with Gasteiger partial charge in [-0.2, -0.15) is 0 Å². The molecule has 0 unspecified atom stereocenters. The molecule has 0 atom stereocenters. The van der Waals surface area contributed by atoms with Crippen molar-refractivity contribution in [3.8, 4) is 5.75 Å². The second-order valence-electron chi connectivity index (χ2n) is 3.95. The third kappa shape index (κ3) is 3.41. The Morgan fingerprint density at radius 2 is 1.50 bits per heavy atom. The zero-order chi connectivity index (χ0) is 11.2. The van der Waals surface area contributed by atoms with E-state index < -0.39 is 0 Å². The van der Waals surface area contributed by atoms with Crippen molar-refractivity contribution in [1.82, 2.24) is 0 Å². The average molecular weight is 194 g/mol. The lowest BCUT2D eigenvalue weighted by Gasteiger charge is -2.21. The monoisotopic (exact) mass is 194 g/mol. The van der Waals surface area contributed by atoms with Crippen molar-refractivity contribution >= 4 is 0 Å². The molecule has 0 amide bonds. The standard InChI is InChI=1S/C11H16O.C2H6/c1-11(2,3)9-7-5-6-8-10(9)12-4;1-2/h5-8H,1-4H3;1-2H3. The van der Waals surface area contributed by atoms with Crippen molar-refractivity contribution in [1.29, 1.82) is 0 Å². The molecule has 0 aliphatic rings. The van der Waals surface area contributed by atoms with Gasteiger partial charge < -0.3 is 4.74 Å². The van der Waals surface area contributed by atoms with Gasteiger partial charge in [0.25, 0.3) is 0 Å². The molecule has 1 heteroatoms. The van der Waals surface area contributed by atoms with E-state index in [1.807, 2.05) is 32.0 Å². The van der Waals surface area contributed by atoms with Crippen LogP contribution in [-0.4, -0.2) is 7.11 Å². The van der Waals surface area contributed by atoms with Gasteiger partial charge in [0.2, 0.25) is 0 Å². The first-order valence-corrected chi connectivity index (χ1v) is 5.19. The van der Waals surface area contributed by atoms with Crippen LogP contribution in [-0.2, 0) is 5.41 Å². The minimum atomic E-state index is 0.159. The van der Waals surface area contributed by atoms with E-state index in [2.05, 4.69) is 26.8 Å². The zero-order valence-electron chi connectivity index (χ0n) is 10.2. The summed E-state index contributed by atoms with van der Waals surface area (Å²) in [5, 5.41) is 0. The summed E-state index contributed by atoms with van der Waals surface area (Å²) in [6, 6.07) is 8.15. The van der Waals surface area contributed by atoms with Crippen molar-refractivity contribution in [2.45, 2.75) is 40.0 Å². The van der Waals surface area contributed by atoms with E-state index in [0.717, 1.165) is 5.75 Å². The molecular weight excluding hydrogens is 172 g/mol. The summed E-state index contributed by atoms with van der Waals surface area (Å²) < 4.78 is 5.27. The molecular formula is C13H22O. The third-order valence-corrected chi connectivity index (χ3v) is 1.91. The predicted molar refractivity (Wildman–Crippen MR) is 63.0 cm³/mol. The highest BCUT2D eigenvalue weighted by Crippen LogP contribution is 2.30. The second-order valence-corrected chi connectivity index (χ2v) is 3.95. The van der Waals surface area contributed by atoms with E-state index >= 15 is 0 Å². The Morgan fingerprint density at radius 3 is 1.86 bits per heavy atom. The van der Waals surface area contributed by atoms with Crippen LogP contribution < -0.4 is 4.74 Å². The van der Waals surface area contributed by atoms with Gasteiger partial charge in [-0.25, -0.2) is 0 Å². The summed E-state index contributed by atoms with van der Waals surface area (Å²) in [5.41, 5.74) is 1.42. The van der Waals surface area contributed by atoms with Gasteiger partial charge in [0.05, 0.1) is 7.11 Å². The summed E-state index contributed by atoms with van der Waals surface area (Å²) in [4.78, 5) is 0. The molecule has 0 fully saturated rings. The van der Waals surface area contributed by atoms with E-state index in [1.54, 1.807) is 7.11 Å². The zero-order valence-corrected chi connectivity index (χ0v) is 10.2. The van der Waals surface area contributed by atoms with E-state index in [-0.39, 0.29) is 5.41 Å². The van der Waals surface area contributed by atoms with E-state index in [1.165, 1.54) is 5.56 Å². The Morgan fingerprint density at radius 1 is 1.00 bits per heavy atom. The Kier molecular flexibility index (Phi) is 5.29. The molecule has 0 bridgehead atoms. The molecule has 1 aromatic carbocycles. The predicted octanol–water partition coefficient (Wildman–Crippen LogP) is 4.02. The summed E-state index contributed by atoms with van der Waals surface area (Å²) >= 11 is 0. The smallest absolute Gasteiger partial charge is 0.122 e. The number of hydrogen-bond acceptors (Lipinski definition) is 1. The lowest BCUT2D eigenvalue weighted by Crippen LogP contribution is -2.12. The third-order valence-electron chi connectivity index (χ3n) is 1.91. The number of benzene rings is 1. The molecule has 0 aromatic heterocycles. The van der Waals surface area contributed by atoms with E-state index in [4.69, 9.17) is 4.74 Å². The summed E-state index contributed by atoms with van der Waals surface area (Å²) in [7, 11) is 1.71. The first-order valence-electron chi connectivity index (χ1n) is 5.19. The van der Waals surface area contributed by atoms with E-state index in [0.29, 0.717) is 0 Å². The molecule has 0 aliphatic carbocycles. The minimum absolute atomic E-state index is 0.159. The number of hydrogen-bond donors (Lipinski definition) is 0. The van der Waals surface area contributed by atoms with Crippen LogP contribution in [0.5, 0.6) is 5.75 Å². The lowest BCUT2D eigenvalue weighted by atomic mass is 9.86. The van der Waals surface area contributed by atoms with Gasteiger partial charge in [0, 0.05) is 0 Å². The van der Waals surface area contributed by atoms with Gasteiger partial charge >= 0.3 is 0 Å². The first kappa shape index (κ1) is 13.0. The second kappa shape index (κ2) is 5.69. The molecule has 80 valence electrons. The maximum atomic E-state index is 5.27. The fourth-order valence-electron chi connectivity index (χ4n) is 1.26. The fourth-order valence-corrected chi connectivity index (χ4v) is 1.26. The van der Waals surface area contributed by atoms with E-state index in [9.17, 15) is 0 Å². The van der Waals surface area contributed by atoms with Crippen LogP contribution in [0.3, 0.4) is 0 Å². The molecule has 0 heterocycles. The summed E-state index contributed by atoms with van der Waals surface area (Å²) in [6.07, 6.45) is 0. The Labute approximate surface area is 88.1 Å². The van der Waals surface area contributed by atoms with Crippen molar-refractivity contribution in [3.05, 3.63) is 29.8 Å². The van der Waals surface area contributed by atoms with Gasteiger partial charge in [0.1, 0.15) is 5.75 Å². The molecule has 1 nitrogen and oxygen atoms in total. The van der Waals surface area contributed by atoms with Gasteiger partial charge in [-0.1, -0.05) is 52.8 Å². The molecule has 14 heavy (non-hydrogen) atoms. The molecule has 0 spiro atoms. The van der Waals surface area contributed by atoms with Crippen molar-refractivity contribution < 1.29 is 4.74 Å². The average Bonchev–Trinajstić information content (AvgIpc) is 2.19. The quantitative estimate of drug-likeness (QED) is 0.656. The molecule has 0 N–H and O–H groups in total. The number of para-hydroxylation sites is 1. The highest BCUT2D eigenvalue weighted by Gasteiger charge is 2.17. The fraction of sp³-hybridized carbons (Fsp3) is 0.538. The van der Waals surface area contributed by atoms with Gasteiger partial charge in [-0.3, -0.25) is 0 Å². The summed E-state index contributed by atoms with van der Waals surface area (Å²) in [5.74, 6) is 0.977. The molecule has 0 saturated carbocycles. The summed E-state index contributed by atoms with van der Waals surface area (Å²) in [6.45, 7) is 10.6. The largest absolute Gasteiger partial charge is 0.496 e. The first-order chi connectivity index (χ1) is 6.55. The normalized spacial score (nSPS) is 10.1. The molecule has 0 radical (unpaired) electrons. The van der Waals surface area contributed by atoms with Crippen LogP contribution in [0.15, 0.2) is 24.3 Å².